The number of aromatic nitrogens is 2. The molecule has 0 aliphatic carbocycles. The third-order valence-corrected chi connectivity index (χ3v) is 7.01. The van der Waals surface area contributed by atoms with Gasteiger partial charge in [-0.15, -0.1) is 0 Å². The summed E-state index contributed by atoms with van der Waals surface area (Å²) in [6.07, 6.45) is 0. The van der Waals surface area contributed by atoms with E-state index >= 15 is 0 Å². The number of aromatic amines is 2. The first-order valence-corrected chi connectivity index (χ1v) is 11.3. The van der Waals surface area contributed by atoms with E-state index in [9.17, 15) is 19.2 Å². The molecule has 0 aliphatic heterocycles. The molecule has 170 valence electrons. The highest BCUT2D eigenvalue weighted by Gasteiger charge is 2.26. The Morgan fingerprint density at radius 2 is 0.972 bits per heavy atom. The SMILES string of the molecule is COc1cccc2c(=O)c3c(ccc4[nH+]c5c(ccc6c(=O)c7ccccc7c(=O)c65)[nH+]c43)c(=O)c12. The molecular weight excluding hydrogens is 456 g/mol. The zero-order valence-corrected chi connectivity index (χ0v) is 18.9. The molecule has 36 heavy (non-hydrogen) atoms. The highest BCUT2D eigenvalue weighted by atomic mass is 16.5. The molecule has 7 aromatic rings. The monoisotopic (exact) mass is 472 g/mol. The number of hydrogen-bond donors (Lipinski definition) is 0. The van der Waals surface area contributed by atoms with E-state index in [0.717, 1.165) is 0 Å². The van der Waals surface area contributed by atoms with Crippen molar-refractivity contribution in [3.8, 4) is 5.75 Å². The molecule has 2 N–H and O–H groups in total. The fourth-order valence-corrected chi connectivity index (χ4v) is 5.35. The zero-order chi connectivity index (χ0) is 24.7. The van der Waals surface area contributed by atoms with Gasteiger partial charge >= 0.3 is 0 Å². The molecule has 7 heteroatoms. The fourth-order valence-electron chi connectivity index (χ4n) is 5.35. The number of methoxy groups -OCH3 is 1. The Balaban J connectivity index is 1.70. The highest BCUT2D eigenvalue weighted by molar-refractivity contribution is 6.11. The first kappa shape index (κ1) is 20.3. The second-order valence-corrected chi connectivity index (χ2v) is 8.82. The number of rotatable bonds is 1. The second kappa shape index (κ2) is 6.99. The van der Waals surface area contributed by atoms with Crippen molar-refractivity contribution in [2.24, 2.45) is 0 Å². The number of nitrogens with one attached hydrogen (secondary N) is 2. The number of hydrogen-bond acceptors (Lipinski definition) is 5. The van der Waals surface area contributed by atoms with Gasteiger partial charge in [0, 0.05) is 39.1 Å². The van der Waals surface area contributed by atoms with Crippen molar-refractivity contribution in [2.75, 3.05) is 7.11 Å². The standard InChI is InChI=1S/C29H14N2O5/c1-36-20-8-4-7-15-21(20)28(34)17-10-12-19-25(23(17)29(15)35)31-18-11-9-16-22(24(18)30-19)27(33)14-6-3-2-5-13(14)26(16)32/h2-12H,1H3/p+2. The number of ether oxygens (including phenoxy) is 1. The molecular formula is C29H16N2O5+2. The van der Waals surface area contributed by atoms with Crippen molar-refractivity contribution in [3.63, 3.8) is 0 Å². The number of H-pyrrole nitrogens is 2. The van der Waals surface area contributed by atoms with Crippen LogP contribution >= 0.6 is 0 Å². The van der Waals surface area contributed by atoms with Gasteiger partial charge in [0.05, 0.1) is 12.5 Å². The van der Waals surface area contributed by atoms with Crippen molar-refractivity contribution >= 4 is 65.2 Å². The van der Waals surface area contributed by atoms with Crippen LogP contribution in [-0.2, 0) is 0 Å². The third kappa shape index (κ3) is 2.46. The average Bonchev–Trinajstić information content (AvgIpc) is 2.92. The Hall–Kier alpha value is -5.04. The maximum Gasteiger partial charge on any atom is 0.288 e. The molecule has 0 spiro atoms. The largest absolute Gasteiger partial charge is 0.496 e. The quantitative estimate of drug-likeness (QED) is 0.270. The van der Waals surface area contributed by atoms with Gasteiger partial charge in [-0.2, -0.15) is 9.97 Å². The summed E-state index contributed by atoms with van der Waals surface area (Å²) in [5.74, 6) is 0.348. The minimum absolute atomic E-state index is 0.215. The summed E-state index contributed by atoms with van der Waals surface area (Å²) in [4.78, 5) is 60.1. The smallest absolute Gasteiger partial charge is 0.288 e. The van der Waals surface area contributed by atoms with Gasteiger partial charge in [0.25, 0.3) is 22.1 Å². The lowest BCUT2D eigenvalue weighted by molar-refractivity contribution is -0.359. The van der Waals surface area contributed by atoms with Crippen LogP contribution in [0.1, 0.15) is 0 Å². The molecule has 1 aromatic heterocycles. The Labute approximate surface area is 200 Å². The predicted molar refractivity (Wildman–Crippen MR) is 139 cm³/mol. The minimum Gasteiger partial charge on any atom is -0.496 e. The van der Waals surface area contributed by atoms with E-state index in [1.165, 1.54) is 7.11 Å². The Kier molecular flexibility index (Phi) is 3.95. The lowest BCUT2D eigenvalue weighted by atomic mass is 9.99. The number of benzene rings is 6. The van der Waals surface area contributed by atoms with E-state index in [1.807, 2.05) is 0 Å². The number of fused-ring (bicyclic) bond motifs is 8. The van der Waals surface area contributed by atoms with E-state index in [1.54, 1.807) is 66.7 Å². The maximum absolute atomic E-state index is 13.6. The average molecular weight is 472 g/mol. The van der Waals surface area contributed by atoms with Crippen LogP contribution in [0, 0.1) is 0 Å². The molecule has 0 saturated heterocycles. The zero-order valence-electron chi connectivity index (χ0n) is 18.9. The van der Waals surface area contributed by atoms with Gasteiger partial charge in [0.2, 0.25) is 10.9 Å². The first-order chi connectivity index (χ1) is 17.5. The van der Waals surface area contributed by atoms with Crippen molar-refractivity contribution in [1.29, 1.82) is 0 Å². The summed E-state index contributed by atoms with van der Waals surface area (Å²) in [5.41, 5.74) is 0.910. The van der Waals surface area contributed by atoms with Crippen LogP contribution in [0.25, 0.3) is 65.2 Å². The minimum atomic E-state index is -0.300. The molecule has 7 rings (SSSR count). The fraction of sp³-hybridized carbons (Fsp3) is 0.0345. The van der Waals surface area contributed by atoms with Gasteiger partial charge in [0.15, 0.2) is 10.9 Å². The molecule has 6 aromatic carbocycles. The Morgan fingerprint density at radius 1 is 0.500 bits per heavy atom. The lowest BCUT2D eigenvalue weighted by Crippen LogP contribution is -2.24. The van der Waals surface area contributed by atoms with Crippen molar-refractivity contribution in [2.45, 2.75) is 0 Å². The van der Waals surface area contributed by atoms with Crippen LogP contribution in [0.5, 0.6) is 5.75 Å². The summed E-state index contributed by atoms with van der Waals surface area (Å²) in [6.45, 7) is 0. The third-order valence-electron chi connectivity index (χ3n) is 7.01. The normalized spacial score (nSPS) is 11.9. The molecule has 0 unspecified atom stereocenters. The van der Waals surface area contributed by atoms with Crippen molar-refractivity contribution in [1.82, 2.24) is 0 Å². The molecule has 0 fully saturated rings. The van der Waals surface area contributed by atoms with Crippen LogP contribution in [0.3, 0.4) is 0 Å². The van der Waals surface area contributed by atoms with E-state index in [2.05, 4.69) is 9.97 Å². The van der Waals surface area contributed by atoms with Crippen molar-refractivity contribution < 1.29 is 14.7 Å². The molecule has 0 amide bonds. The van der Waals surface area contributed by atoms with Gasteiger partial charge in [0.1, 0.15) is 16.5 Å². The van der Waals surface area contributed by atoms with Crippen LogP contribution in [-0.4, -0.2) is 7.11 Å². The van der Waals surface area contributed by atoms with Gasteiger partial charge in [-0.1, -0.05) is 36.4 Å². The molecule has 0 saturated carbocycles. The van der Waals surface area contributed by atoms with Gasteiger partial charge in [-0.25, -0.2) is 0 Å². The molecule has 1 heterocycles. The van der Waals surface area contributed by atoms with Crippen molar-refractivity contribution in [3.05, 3.63) is 108 Å². The molecule has 0 radical (unpaired) electrons. The summed E-state index contributed by atoms with van der Waals surface area (Å²) < 4.78 is 5.34. The van der Waals surface area contributed by atoms with E-state index in [4.69, 9.17) is 4.74 Å². The summed E-state index contributed by atoms with van der Waals surface area (Å²) in [7, 11) is 1.46. The molecule has 7 nitrogen and oxygen atoms in total. The molecule has 0 aliphatic rings. The Bertz CT molecular complexity index is 2330. The van der Waals surface area contributed by atoms with Gasteiger partial charge in [-0.05, 0) is 18.2 Å². The summed E-state index contributed by atoms with van der Waals surface area (Å²) in [6, 6.07) is 18.3. The van der Waals surface area contributed by atoms with Crippen LogP contribution in [0.4, 0.5) is 0 Å². The van der Waals surface area contributed by atoms with Crippen LogP contribution < -0.4 is 36.4 Å². The maximum atomic E-state index is 13.6. The lowest BCUT2D eigenvalue weighted by Gasteiger charge is -2.05. The first-order valence-electron chi connectivity index (χ1n) is 11.3. The topological polar surface area (TPSA) is 106 Å². The molecule has 0 atom stereocenters. The van der Waals surface area contributed by atoms with E-state index in [0.29, 0.717) is 44.0 Å². The van der Waals surface area contributed by atoms with Crippen LogP contribution in [0.2, 0.25) is 0 Å². The summed E-state index contributed by atoms with van der Waals surface area (Å²) >= 11 is 0. The van der Waals surface area contributed by atoms with E-state index in [-0.39, 0.29) is 48.6 Å². The van der Waals surface area contributed by atoms with Gasteiger partial charge < -0.3 is 4.74 Å². The highest BCUT2D eigenvalue weighted by Crippen LogP contribution is 2.25. The molecule has 0 bridgehead atoms. The van der Waals surface area contributed by atoms with Crippen LogP contribution in [0.15, 0.2) is 85.9 Å². The second-order valence-electron chi connectivity index (χ2n) is 8.82. The predicted octanol–water partition coefficient (Wildman–Crippen LogP) is 2.56. The van der Waals surface area contributed by atoms with E-state index < -0.39 is 0 Å². The summed E-state index contributed by atoms with van der Waals surface area (Å²) in [5, 5.41) is 2.38. The Morgan fingerprint density at radius 3 is 1.58 bits per heavy atom. The van der Waals surface area contributed by atoms with Gasteiger partial charge in [-0.3, -0.25) is 19.2 Å².